The van der Waals surface area contributed by atoms with Crippen molar-refractivity contribution in [3.8, 4) is 5.69 Å². The van der Waals surface area contributed by atoms with Crippen molar-refractivity contribution in [3.05, 3.63) is 36.9 Å². The standard InChI is InChI=1S/C10H12N4/c1-12-10-3-2-8(6-9(10)11)14-5-4-13-7-14/h2-7,12H,11H2,1H3. The molecule has 0 spiro atoms. The van der Waals surface area contributed by atoms with Crippen molar-refractivity contribution in [1.82, 2.24) is 9.55 Å². The first-order valence-electron chi connectivity index (χ1n) is 4.37. The zero-order valence-corrected chi connectivity index (χ0v) is 7.94. The second-order valence-electron chi connectivity index (χ2n) is 2.99. The highest BCUT2D eigenvalue weighted by Crippen LogP contribution is 2.21. The highest BCUT2D eigenvalue weighted by Gasteiger charge is 1.99. The number of nitrogens with one attached hydrogen (secondary N) is 1. The molecule has 0 saturated carbocycles. The molecule has 0 atom stereocenters. The maximum Gasteiger partial charge on any atom is 0.0991 e. The minimum Gasteiger partial charge on any atom is -0.397 e. The summed E-state index contributed by atoms with van der Waals surface area (Å²) < 4.78 is 1.91. The molecule has 0 aliphatic carbocycles. The summed E-state index contributed by atoms with van der Waals surface area (Å²) in [6, 6.07) is 5.85. The summed E-state index contributed by atoms with van der Waals surface area (Å²) in [5.41, 5.74) is 8.53. The van der Waals surface area contributed by atoms with E-state index >= 15 is 0 Å². The number of aromatic nitrogens is 2. The number of hydrogen-bond acceptors (Lipinski definition) is 3. The maximum absolute atomic E-state index is 5.84. The van der Waals surface area contributed by atoms with Gasteiger partial charge in [0.05, 0.1) is 17.7 Å². The van der Waals surface area contributed by atoms with E-state index in [4.69, 9.17) is 5.73 Å². The lowest BCUT2D eigenvalue weighted by atomic mass is 10.2. The molecule has 2 rings (SSSR count). The van der Waals surface area contributed by atoms with Gasteiger partial charge >= 0.3 is 0 Å². The van der Waals surface area contributed by atoms with Crippen LogP contribution >= 0.6 is 0 Å². The minimum atomic E-state index is 0.735. The van der Waals surface area contributed by atoms with Gasteiger partial charge in [-0.1, -0.05) is 0 Å². The molecule has 72 valence electrons. The molecule has 1 aromatic heterocycles. The molecule has 4 nitrogen and oxygen atoms in total. The lowest BCUT2D eigenvalue weighted by molar-refractivity contribution is 1.06. The molecule has 0 unspecified atom stereocenters. The number of anilines is 2. The van der Waals surface area contributed by atoms with Crippen molar-refractivity contribution in [2.24, 2.45) is 0 Å². The molecule has 2 aromatic rings. The van der Waals surface area contributed by atoms with Crippen LogP contribution in [0.5, 0.6) is 0 Å². The highest BCUT2D eigenvalue weighted by molar-refractivity contribution is 5.68. The van der Waals surface area contributed by atoms with Crippen LogP contribution in [0.2, 0.25) is 0 Å². The summed E-state index contributed by atoms with van der Waals surface area (Å²) in [6.45, 7) is 0. The van der Waals surface area contributed by atoms with Gasteiger partial charge in [0.25, 0.3) is 0 Å². The van der Waals surface area contributed by atoms with Crippen LogP contribution in [0.3, 0.4) is 0 Å². The minimum absolute atomic E-state index is 0.735. The number of benzene rings is 1. The van der Waals surface area contributed by atoms with Crippen LogP contribution in [0, 0.1) is 0 Å². The average Bonchev–Trinajstić information content (AvgIpc) is 2.70. The van der Waals surface area contributed by atoms with Gasteiger partial charge in [0.2, 0.25) is 0 Å². The summed E-state index contributed by atoms with van der Waals surface area (Å²) in [5, 5.41) is 3.02. The van der Waals surface area contributed by atoms with Gasteiger partial charge < -0.3 is 15.6 Å². The third kappa shape index (κ3) is 1.42. The van der Waals surface area contributed by atoms with Crippen LogP contribution in [0.25, 0.3) is 5.69 Å². The molecule has 0 saturated heterocycles. The zero-order valence-electron chi connectivity index (χ0n) is 7.94. The number of nitrogens with two attached hydrogens (primary N) is 1. The molecule has 0 aliphatic heterocycles. The van der Waals surface area contributed by atoms with Gasteiger partial charge in [-0.2, -0.15) is 0 Å². The van der Waals surface area contributed by atoms with E-state index in [-0.39, 0.29) is 0 Å². The van der Waals surface area contributed by atoms with E-state index in [2.05, 4.69) is 10.3 Å². The molecule has 0 aliphatic rings. The fourth-order valence-electron chi connectivity index (χ4n) is 1.35. The number of nitrogens with zero attached hydrogens (tertiary/aromatic N) is 2. The van der Waals surface area contributed by atoms with Crippen LogP contribution < -0.4 is 11.1 Å². The molecule has 4 heteroatoms. The predicted molar refractivity (Wildman–Crippen MR) is 57.5 cm³/mol. The summed E-state index contributed by atoms with van der Waals surface area (Å²) in [5.74, 6) is 0. The van der Waals surface area contributed by atoms with E-state index in [1.807, 2.05) is 36.0 Å². The summed E-state index contributed by atoms with van der Waals surface area (Å²) in [6.07, 6.45) is 5.36. The molecular formula is C10H12N4. The van der Waals surface area contributed by atoms with E-state index in [1.54, 1.807) is 12.5 Å². The Hall–Kier alpha value is -1.97. The fraction of sp³-hybridized carbons (Fsp3) is 0.100. The van der Waals surface area contributed by atoms with Crippen molar-refractivity contribution in [2.45, 2.75) is 0 Å². The third-order valence-corrected chi connectivity index (χ3v) is 2.11. The van der Waals surface area contributed by atoms with E-state index in [0.717, 1.165) is 17.1 Å². The largest absolute Gasteiger partial charge is 0.397 e. The number of nitrogen functional groups attached to an aromatic ring is 1. The van der Waals surface area contributed by atoms with Crippen molar-refractivity contribution in [2.75, 3.05) is 18.1 Å². The smallest absolute Gasteiger partial charge is 0.0991 e. The van der Waals surface area contributed by atoms with Gasteiger partial charge in [-0.3, -0.25) is 0 Å². The molecular weight excluding hydrogens is 176 g/mol. The molecule has 0 amide bonds. The van der Waals surface area contributed by atoms with Crippen LogP contribution in [-0.4, -0.2) is 16.6 Å². The average molecular weight is 188 g/mol. The molecule has 0 radical (unpaired) electrons. The van der Waals surface area contributed by atoms with Crippen LogP contribution in [-0.2, 0) is 0 Å². The van der Waals surface area contributed by atoms with Gasteiger partial charge in [0.1, 0.15) is 0 Å². The highest BCUT2D eigenvalue weighted by atomic mass is 15.0. The molecule has 3 N–H and O–H groups in total. The first-order chi connectivity index (χ1) is 6.81. The normalized spacial score (nSPS) is 10.1. The molecule has 14 heavy (non-hydrogen) atoms. The number of imidazole rings is 1. The number of hydrogen-bond donors (Lipinski definition) is 2. The van der Waals surface area contributed by atoms with Gasteiger partial charge in [0, 0.05) is 25.1 Å². The predicted octanol–water partition coefficient (Wildman–Crippen LogP) is 1.50. The lowest BCUT2D eigenvalue weighted by Gasteiger charge is -2.07. The second-order valence-corrected chi connectivity index (χ2v) is 2.99. The Morgan fingerprint density at radius 2 is 2.29 bits per heavy atom. The maximum atomic E-state index is 5.84. The molecule has 1 heterocycles. The van der Waals surface area contributed by atoms with Gasteiger partial charge in [0.15, 0.2) is 0 Å². The monoisotopic (exact) mass is 188 g/mol. The van der Waals surface area contributed by atoms with Gasteiger partial charge in [-0.15, -0.1) is 0 Å². The quantitative estimate of drug-likeness (QED) is 0.702. The summed E-state index contributed by atoms with van der Waals surface area (Å²) >= 11 is 0. The number of rotatable bonds is 2. The Labute approximate surface area is 82.4 Å². The zero-order chi connectivity index (χ0) is 9.97. The topological polar surface area (TPSA) is 55.9 Å². The van der Waals surface area contributed by atoms with E-state index in [0.29, 0.717) is 0 Å². The Balaban J connectivity index is 2.43. The third-order valence-electron chi connectivity index (χ3n) is 2.11. The Morgan fingerprint density at radius 3 is 2.86 bits per heavy atom. The Bertz CT molecular complexity index is 420. The van der Waals surface area contributed by atoms with E-state index in [1.165, 1.54) is 0 Å². The van der Waals surface area contributed by atoms with Crippen molar-refractivity contribution in [1.29, 1.82) is 0 Å². The first kappa shape index (κ1) is 8.62. The molecule has 1 aromatic carbocycles. The Kier molecular flexibility index (Phi) is 2.10. The summed E-state index contributed by atoms with van der Waals surface area (Å²) in [4.78, 5) is 3.98. The van der Waals surface area contributed by atoms with Crippen molar-refractivity contribution >= 4 is 11.4 Å². The molecule has 0 fully saturated rings. The SMILES string of the molecule is CNc1ccc(-n2ccnc2)cc1N. The van der Waals surface area contributed by atoms with Crippen LogP contribution in [0.15, 0.2) is 36.9 Å². The van der Waals surface area contributed by atoms with E-state index in [9.17, 15) is 0 Å². The van der Waals surface area contributed by atoms with Gasteiger partial charge in [-0.05, 0) is 18.2 Å². The van der Waals surface area contributed by atoms with Crippen LogP contribution in [0.1, 0.15) is 0 Å². The second kappa shape index (κ2) is 3.41. The molecule has 0 bridgehead atoms. The lowest BCUT2D eigenvalue weighted by Crippen LogP contribution is -1.98. The van der Waals surface area contributed by atoms with E-state index < -0.39 is 0 Å². The summed E-state index contributed by atoms with van der Waals surface area (Å²) in [7, 11) is 1.85. The van der Waals surface area contributed by atoms with Crippen LogP contribution in [0.4, 0.5) is 11.4 Å². The fourth-order valence-corrected chi connectivity index (χ4v) is 1.35. The Morgan fingerprint density at radius 1 is 1.43 bits per heavy atom. The van der Waals surface area contributed by atoms with Crippen molar-refractivity contribution in [3.63, 3.8) is 0 Å². The first-order valence-corrected chi connectivity index (χ1v) is 4.37. The van der Waals surface area contributed by atoms with Gasteiger partial charge in [-0.25, -0.2) is 4.98 Å². The van der Waals surface area contributed by atoms with Crippen molar-refractivity contribution < 1.29 is 0 Å².